The summed E-state index contributed by atoms with van der Waals surface area (Å²) in [5.74, 6) is 6.85. The number of ether oxygens (including phenoxy) is 18. The van der Waals surface area contributed by atoms with Crippen molar-refractivity contribution in [3.63, 3.8) is 0 Å². The van der Waals surface area contributed by atoms with Crippen LogP contribution in [0.1, 0.15) is 11.7 Å². The molecule has 0 aliphatic carbocycles. The van der Waals surface area contributed by atoms with Crippen LogP contribution in [0.3, 0.4) is 0 Å². The van der Waals surface area contributed by atoms with Crippen molar-refractivity contribution in [3.05, 3.63) is 145 Å². The Morgan fingerprint density at radius 3 is 0.718 bits per heavy atom. The molecule has 0 fully saturated rings. The minimum absolute atomic E-state index is 0.169. The average Bonchev–Trinajstić information content (AvgIpc) is 3.47. The van der Waals surface area contributed by atoms with Gasteiger partial charge in [0.15, 0.2) is 69.0 Å². The van der Waals surface area contributed by atoms with Crippen LogP contribution < -0.4 is 56.8 Å². The average molecular weight is 1080 g/mol. The second-order valence-electron chi connectivity index (χ2n) is 17.0. The van der Waals surface area contributed by atoms with E-state index in [0.29, 0.717) is 142 Å². The van der Waals surface area contributed by atoms with Gasteiger partial charge in [-0.3, -0.25) is 0 Å². The molecule has 2 aliphatic rings. The second kappa shape index (κ2) is 33.8. The molecule has 18 heteroatoms. The van der Waals surface area contributed by atoms with Crippen molar-refractivity contribution in [3.8, 4) is 69.0 Å². The standard InChI is InChI=1S/C60H70O18/c1-2-12-49-48(11-1)66-32-27-62-25-23-61-24-26-63-28-33-67-50-13-3-4-14-51(50)69-36-31-65-46-60(78-35-30-64-29-34-68-49)47-21-22-58-59(45-47)77-44-43-75-57-20-10-9-19-56(57)73-40-39-71-53-16-6-5-15-52(53)70-37-38-72-54-17-7-8-18-55(54)74-41-42-76-58/h1-22,45,60H,23-44,46H2. The lowest BCUT2D eigenvalue weighted by atomic mass is 10.1. The number of hydrogen-bond donors (Lipinski definition) is 0. The largest absolute Gasteiger partial charge is 0.487 e. The highest BCUT2D eigenvalue weighted by Crippen LogP contribution is 2.34. The van der Waals surface area contributed by atoms with Crippen LogP contribution in [0.4, 0.5) is 0 Å². The maximum absolute atomic E-state index is 6.50. The lowest BCUT2D eigenvalue weighted by Crippen LogP contribution is -2.19. The van der Waals surface area contributed by atoms with Crippen molar-refractivity contribution in [1.82, 2.24) is 0 Å². The molecule has 418 valence electrons. The molecular weight excluding hydrogens is 1010 g/mol. The molecule has 2 aliphatic heterocycles. The molecule has 1 atom stereocenters. The summed E-state index contributed by atoms with van der Waals surface area (Å²) in [6.07, 6.45) is -0.543. The first-order valence-corrected chi connectivity index (χ1v) is 26.4. The third-order valence-electron chi connectivity index (χ3n) is 11.5. The van der Waals surface area contributed by atoms with Crippen LogP contribution in [0, 0.1) is 0 Å². The molecule has 0 aromatic heterocycles. The van der Waals surface area contributed by atoms with Crippen LogP contribution in [-0.2, 0) is 28.4 Å². The van der Waals surface area contributed by atoms with Gasteiger partial charge < -0.3 is 85.3 Å². The molecule has 0 saturated carbocycles. The summed E-state index contributed by atoms with van der Waals surface area (Å²) in [5.41, 5.74) is 0.783. The fraction of sp³-hybridized carbons (Fsp3) is 0.400. The van der Waals surface area contributed by atoms with Gasteiger partial charge in [-0.15, -0.1) is 0 Å². The van der Waals surface area contributed by atoms with E-state index in [1.165, 1.54) is 0 Å². The second-order valence-corrected chi connectivity index (χ2v) is 17.0. The van der Waals surface area contributed by atoms with E-state index in [2.05, 4.69) is 0 Å². The van der Waals surface area contributed by atoms with E-state index in [0.717, 1.165) is 5.56 Å². The Morgan fingerprint density at radius 2 is 0.423 bits per heavy atom. The van der Waals surface area contributed by atoms with Gasteiger partial charge in [-0.25, -0.2) is 0 Å². The molecule has 0 N–H and O–H groups in total. The van der Waals surface area contributed by atoms with E-state index in [-0.39, 0.29) is 79.3 Å². The maximum atomic E-state index is 6.50. The Kier molecular flexibility index (Phi) is 24.6. The lowest BCUT2D eigenvalue weighted by molar-refractivity contribution is -0.0452. The Labute approximate surface area is 456 Å². The molecule has 18 nitrogen and oxygen atoms in total. The molecule has 0 radical (unpaired) electrons. The van der Waals surface area contributed by atoms with Gasteiger partial charge in [-0.1, -0.05) is 66.7 Å². The Bertz CT molecular complexity index is 2610. The molecule has 0 amide bonds. The van der Waals surface area contributed by atoms with E-state index >= 15 is 0 Å². The Balaban J connectivity index is 0.940. The highest BCUT2D eigenvalue weighted by atomic mass is 16.6. The highest BCUT2D eigenvalue weighted by molar-refractivity contribution is 5.45. The summed E-state index contributed by atoms with van der Waals surface area (Å²) in [6.45, 7) is 6.91. The van der Waals surface area contributed by atoms with Crippen molar-refractivity contribution in [2.45, 2.75) is 6.10 Å². The normalized spacial score (nSPS) is 18.1. The molecule has 8 rings (SSSR count). The third-order valence-corrected chi connectivity index (χ3v) is 11.5. The summed E-state index contributed by atoms with van der Waals surface area (Å²) < 4.78 is 109. The quantitative estimate of drug-likeness (QED) is 0.153. The molecular formula is C60H70O18. The van der Waals surface area contributed by atoms with Crippen LogP contribution in [0.2, 0.25) is 0 Å². The fourth-order valence-electron chi connectivity index (χ4n) is 7.78. The Morgan fingerprint density at radius 1 is 0.205 bits per heavy atom. The number of fused-ring (bicyclic) bond motifs is 6. The summed E-state index contributed by atoms with van der Waals surface area (Å²) >= 11 is 0. The first-order chi connectivity index (χ1) is 38.8. The number of rotatable bonds is 1. The Hall–Kier alpha value is -7.32. The zero-order valence-corrected chi connectivity index (χ0v) is 44.0. The molecule has 0 saturated heterocycles. The van der Waals surface area contributed by atoms with Gasteiger partial charge in [0, 0.05) is 0 Å². The summed E-state index contributed by atoms with van der Waals surface area (Å²) in [4.78, 5) is 0. The minimum atomic E-state index is -0.543. The fourth-order valence-corrected chi connectivity index (χ4v) is 7.78. The van der Waals surface area contributed by atoms with Crippen LogP contribution in [0.15, 0.2) is 140 Å². The van der Waals surface area contributed by atoms with E-state index in [1.807, 2.05) is 140 Å². The molecule has 2 heterocycles. The molecule has 0 bridgehead atoms. The van der Waals surface area contributed by atoms with Crippen LogP contribution >= 0.6 is 0 Å². The molecule has 78 heavy (non-hydrogen) atoms. The summed E-state index contributed by atoms with van der Waals surface area (Å²) in [6, 6.07) is 43.1. The first kappa shape index (κ1) is 56.9. The number of para-hydroxylation sites is 10. The van der Waals surface area contributed by atoms with E-state index in [4.69, 9.17) is 85.3 Å². The summed E-state index contributed by atoms with van der Waals surface area (Å²) in [7, 11) is 0. The number of benzene rings is 6. The van der Waals surface area contributed by atoms with Gasteiger partial charge in [-0.2, -0.15) is 0 Å². The van der Waals surface area contributed by atoms with Crippen molar-refractivity contribution in [2.75, 3.05) is 152 Å². The predicted molar refractivity (Wildman–Crippen MR) is 287 cm³/mol. The zero-order chi connectivity index (χ0) is 53.3. The zero-order valence-electron chi connectivity index (χ0n) is 44.0. The van der Waals surface area contributed by atoms with Gasteiger partial charge >= 0.3 is 0 Å². The first-order valence-electron chi connectivity index (χ1n) is 26.4. The predicted octanol–water partition coefficient (Wildman–Crippen LogP) is 8.90. The topological polar surface area (TPSA) is 166 Å². The SMILES string of the molecule is c1ccc2c(c1)OCCOCCOCCOCCOc1ccccc1OCCOCC(c1ccc3c(c1)OCCOc1ccccc1OCCOc1ccccc1OCCOc1ccccc1OCCO3)OCCOCCO2. The maximum Gasteiger partial charge on any atom is 0.161 e. The van der Waals surface area contributed by atoms with Gasteiger partial charge in [0.05, 0.1) is 72.7 Å². The summed E-state index contributed by atoms with van der Waals surface area (Å²) in [5, 5.41) is 0. The van der Waals surface area contributed by atoms with E-state index in [9.17, 15) is 0 Å². The van der Waals surface area contributed by atoms with Crippen LogP contribution in [-0.4, -0.2) is 152 Å². The van der Waals surface area contributed by atoms with Gasteiger partial charge in [0.1, 0.15) is 85.4 Å². The molecule has 1 unspecified atom stereocenters. The molecule has 0 spiro atoms. The van der Waals surface area contributed by atoms with Gasteiger partial charge in [-0.05, 0) is 78.4 Å². The van der Waals surface area contributed by atoms with Gasteiger partial charge in [0.2, 0.25) is 0 Å². The molecule has 6 aromatic carbocycles. The van der Waals surface area contributed by atoms with Crippen LogP contribution in [0.5, 0.6) is 69.0 Å². The number of hydrogen-bond acceptors (Lipinski definition) is 18. The van der Waals surface area contributed by atoms with Crippen molar-refractivity contribution in [2.24, 2.45) is 0 Å². The third kappa shape index (κ3) is 19.6. The lowest BCUT2D eigenvalue weighted by Gasteiger charge is -2.21. The van der Waals surface area contributed by atoms with Crippen molar-refractivity contribution in [1.29, 1.82) is 0 Å². The van der Waals surface area contributed by atoms with Gasteiger partial charge in [0.25, 0.3) is 0 Å². The highest BCUT2D eigenvalue weighted by Gasteiger charge is 2.19. The monoisotopic (exact) mass is 1080 g/mol. The van der Waals surface area contributed by atoms with Crippen molar-refractivity contribution < 1.29 is 85.3 Å². The van der Waals surface area contributed by atoms with Crippen molar-refractivity contribution >= 4 is 0 Å². The smallest absolute Gasteiger partial charge is 0.161 e. The van der Waals surface area contributed by atoms with Crippen LogP contribution in [0.25, 0.3) is 0 Å². The minimum Gasteiger partial charge on any atom is -0.487 e. The van der Waals surface area contributed by atoms with E-state index in [1.54, 1.807) is 0 Å². The van der Waals surface area contributed by atoms with E-state index < -0.39 is 6.10 Å². The molecule has 6 aromatic rings.